The average molecular weight is 379 g/mol. The molecular formula is C22H31ClO3. The highest BCUT2D eigenvalue weighted by Gasteiger charge is 2.61. The fourth-order valence-corrected chi connectivity index (χ4v) is 7.79. The van der Waals surface area contributed by atoms with Crippen LogP contribution in [0.5, 0.6) is 0 Å². The number of esters is 1. The normalized spacial score (nSPS) is 47.6. The summed E-state index contributed by atoms with van der Waals surface area (Å²) in [5.74, 6) is 1.89. The van der Waals surface area contributed by atoms with Gasteiger partial charge in [-0.15, -0.1) is 0 Å². The lowest BCUT2D eigenvalue weighted by Gasteiger charge is -2.61. The van der Waals surface area contributed by atoms with Crippen molar-refractivity contribution in [1.82, 2.24) is 0 Å². The van der Waals surface area contributed by atoms with E-state index >= 15 is 0 Å². The van der Waals surface area contributed by atoms with Crippen molar-refractivity contribution in [2.75, 3.05) is 0 Å². The van der Waals surface area contributed by atoms with Crippen LogP contribution in [0.15, 0.2) is 10.6 Å². The maximum Gasteiger partial charge on any atom is 0.302 e. The van der Waals surface area contributed by atoms with Gasteiger partial charge in [-0.2, -0.15) is 0 Å². The Labute approximate surface area is 161 Å². The third kappa shape index (κ3) is 2.52. The van der Waals surface area contributed by atoms with Gasteiger partial charge in [-0.3, -0.25) is 9.59 Å². The fraction of sp³-hybridized carbons (Fsp3) is 0.818. The maximum atomic E-state index is 11.8. The number of halogens is 1. The first-order chi connectivity index (χ1) is 12.3. The van der Waals surface area contributed by atoms with E-state index in [-0.39, 0.29) is 22.9 Å². The largest absolute Gasteiger partial charge is 0.462 e. The Morgan fingerprint density at radius 2 is 1.92 bits per heavy atom. The first kappa shape index (κ1) is 18.5. The Hall–Kier alpha value is -0.830. The second-order valence-corrected chi connectivity index (χ2v) is 10.1. The number of fused-ring (bicyclic) bond motifs is 5. The molecule has 0 aromatic heterocycles. The molecular weight excluding hydrogens is 348 g/mol. The van der Waals surface area contributed by atoms with Gasteiger partial charge in [0.25, 0.3) is 0 Å². The molecule has 3 saturated carbocycles. The fourth-order valence-electron chi connectivity index (χ4n) is 7.43. The lowest BCUT2D eigenvalue weighted by Crippen LogP contribution is -2.57. The van der Waals surface area contributed by atoms with Crippen LogP contribution in [0.3, 0.4) is 0 Å². The zero-order chi connectivity index (χ0) is 18.7. The van der Waals surface area contributed by atoms with Gasteiger partial charge in [0.1, 0.15) is 12.4 Å². The molecule has 0 aromatic rings. The van der Waals surface area contributed by atoms with E-state index in [1.807, 2.05) is 0 Å². The van der Waals surface area contributed by atoms with Crippen LogP contribution < -0.4 is 0 Å². The van der Waals surface area contributed by atoms with Crippen molar-refractivity contribution in [3.8, 4) is 0 Å². The smallest absolute Gasteiger partial charge is 0.302 e. The molecule has 3 nitrogen and oxygen atoms in total. The third-order valence-corrected chi connectivity index (χ3v) is 9.31. The van der Waals surface area contributed by atoms with Gasteiger partial charge < -0.3 is 4.74 Å². The van der Waals surface area contributed by atoms with Gasteiger partial charge in [0.15, 0.2) is 0 Å². The van der Waals surface area contributed by atoms with Gasteiger partial charge in [0, 0.05) is 28.9 Å². The lowest BCUT2D eigenvalue weighted by molar-refractivity contribution is -0.181. The average Bonchev–Trinajstić information content (AvgIpc) is 2.85. The summed E-state index contributed by atoms with van der Waals surface area (Å²) in [5, 5.41) is 0.802. The molecule has 4 heteroatoms. The van der Waals surface area contributed by atoms with Crippen molar-refractivity contribution in [2.45, 2.75) is 78.2 Å². The molecule has 0 amide bonds. The summed E-state index contributed by atoms with van der Waals surface area (Å²) in [4.78, 5) is 23.3. The molecule has 0 bridgehead atoms. The highest BCUT2D eigenvalue weighted by atomic mass is 35.5. The SMILES string of the molecule is CC(=O)OC1CC2C3CC(C=O)=C(Cl)C3(C)CCC2C2(C)CCCCC12. The van der Waals surface area contributed by atoms with Gasteiger partial charge in [0.05, 0.1) is 0 Å². The first-order valence-electron chi connectivity index (χ1n) is 10.3. The molecule has 7 unspecified atom stereocenters. The maximum absolute atomic E-state index is 11.8. The zero-order valence-electron chi connectivity index (χ0n) is 16.2. The van der Waals surface area contributed by atoms with Crippen LogP contribution in [0.25, 0.3) is 0 Å². The number of carbonyl (C=O) groups is 2. The van der Waals surface area contributed by atoms with Gasteiger partial charge in [0.2, 0.25) is 0 Å². The Kier molecular flexibility index (Phi) is 4.53. The Bertz CT molecular complexity index is 656. The van der Waals surface area contributed by atoms with Crippen LogP contribution in [-0.2, 0) is 14.3 Å². The first-order valence-corrected chi connectivity index (χ1v) is 10.7. The summed E-state index contributed by atoms with van der Waals surface area (Å²) in [7, 11) is 0. The van der Waals surface area contributed by atoms with Crippen molar-refractivity contribution in [3.05, 3.63) is 10.6 Å². The van der Waals surface area contributed by atoms with Crippen LogP contribution >= 0.6 is 11.6 Å². The standard InChI is InChI=1S/C22H31ClO3/c1-13(25)26-19-11-15-16(21(2)8-5-4-6-17(19)21)7-9-22(3)18(15)10-14(12-24)20(22)23/h12,15-19H,4-11H2,1-3H3. The topological polar surface area (TPSA) is 43.4 Å². The van der Waals surface area contributed by atoms with E-state index in [1.54, 1.807) is 0 Å². The van der Waals surface area contributed by atoms with E-state index < -0.39 is 0 Å². The summed E-state index contributed by atoms with van der Waals surface area (Å²) in [6.07, 6.45) is 9.95. The van der Waals surface area contributed by atoms with E-state index in [2.05, 4.69) is 13.8 Å². The summed E-state index contributed by atoms with van der Waals surface area (Å²) < 4.78 is 5.88. The molecule has 0 aromatic carbocycles. The van der Waals surface area contributed by atoms with E-state index in [9.17, 15) is 9.59 Å². The minimum atomic E-state index is -0.156. The highest BCUT2D eigenvalue weighted by Crippen LogP contribution is 2.67. The molecule has 4 aliphatic carbocycles. The summed E-state index contributed by atoms with van der Waals surface area (Å²) in [6, 6.07) is 0. The monoisotopic (exact) mass is 378 g/mol. The minimum Gasteiger partial charge on any atom is -0.462 e. The molecule has 0 saturated heterocycles. The van der Waals surface area contributed by atoms with Gasteiger partial charge >= 0.3 is 5.97 Å². The minimum absolute atomic E-state index is 0.0282. The molecule has 0 spiro atoms. The van der Waals surface area contributed by atoms with E-state index in [4.69, 9.17) is 16.3 Å². The van der Waals surface area contributed by atoms with Gasteiger partial charge in [-0.05, 0) is 61.7 Å². The van der Waals surface area contributed by atoms with Crippen LogP contribution in [0.4, 0.5) is 0 Å². The van der Waals surface area contributed by atoms with Gasteiger partial charge in [-0.1, -0.05) is 38.3 Å². The summed E-state index contributed by atoms with van der Waals surface area (Å²) >= 11 is 6.68. The van der Waals surface area contributed by atoms with Crippen LogP contribution in [0.1, 0.15) is 72.1 Å². The lowest BCUT2D eigenvalue weighted by atomic mass is 9.44. The second kappa shape index (κ2) is 6.36. The van der Waals surface area contributed by atoms with Crippen LogP contribution in [-0.4, -0.2) is 18.4 Å². The van der Waals surface area contributed by atoms with E-state index in [0.717, 1.165) is 36.2 Å². The molecule has 0 N–H and O–H groups in total. The molecule has 3 fully saturated rings. The molecule has 0 aliphatic heterocycles. The molecule has 0 radical (unpaired) electrons. The number of ether oxygens (including phenoxy) is 1. The van der Waals surface area contributed by atoms with Crippen LogP contribution in [0, 0.1) is 34.5 Å². The molecule has 4 aliphatic rings. The van der Waals surface area contributed by atoms with Crippen molar-refractivity contribution < 1.29 is 14.3 Å². The molecule has 0 heterocycles. The van der Waals surface area contributed by atoms with E-state index in [0.29, 0.717) is 23.7 Å². The molecule has 26 heavy (non-hydrogen) atoms. The number of allylic oxidation sites excluding steroid dienone is 2. The predicted octanol–water partition coefficient (Wildman–Crippen LogP) is 5.26. The number of rotatable bonds is 2. The third-order valence-electron chi connectivity index (χ3n) is 8.64. The second-order valence-electron chi connectivity index (χ2n) is 9.74. The number of aldehydes is 1. The Morgan fingerprint density at radius 3 is 2.62 bits per heavy atom. The van der Waals surface area contributed by atoms with E-state index in [1.165, 1.54) is 39.0 Å². The number of carbonyl (C=O) groups excluding carboxylic acids is 2. The zero-order valence-corrected chi connectivity index (χ0v) is 17.0. The summed E-state index contributed by atoms with van der Waals surface area (Å²) in [6.45, 7) is 6.25. The number of hydrogen-bond donors (Lipinski definition) is 0. The van der Waals surface area contributed by atoms with Crippen molar-refractivity contribution in [3.63, 3.8) is 0 Å². The summed E-state index contributed by atoms with van der Waals surface area (Å²) in [5.41, 5.74) is 0.983. The van der Waals surface area contributed by atoms with Crippen LogP contribution in [0.2, 0.25) is 0 Å². The van der Waals surface area contributed by atoms with Crippen molar-refractivity contribution in [1.29, 1.82) is 0 Å². The molecule has 144 valence electrons. The highest BCUT2D eigenvalue weighted by molar-refractivity contribution is 6.32. The van der Waals surface area contributed by atoms with Crippen molar-refractivity contribution in [2.24, 2.45) is 34.5 Å². The van der Waals surface area contributed by atoms with Crippen molar-refractivity contribution >= 4 is 23.9 Å². The number of hydrogen-bond acceptors (Lipinski definition) is 3. The Morgan fingerprint density at radius 1 is 1.15 bits per heavy atom. The Balaban J connectivity index is 1.70. The quantitative estimate of drug-likeness (QED) is 0.486. The molecule has 7 atom stereocenters. The molecule has 4 rings (SSSR count). The predicted molar refractivity (Wildman–Crippen MR) is 102 cm³/mol. The van der Waals surface area contributed by atoms with Gasteiger partial charge in [-0.25, -0.2) is 0 Å².